The van der Waals surface area contributed by atoms with Crippen LogP contribution in [0.5, 0.6) is 11.5 Å². The minimum atomic E-state index is -2.17. The molecule has 0 amide bonds. The van der Waals surface area contributed by atoms with E-state index in [2.05, 4.69) is 9.98 Å². The van der Waals surface area contributed by atoms with Crippen LogP contribution in [-0.4, -0.2) is 48.3 Å². The third kappa shape index (κ3) is 6.17. The number of aliphatic imine (C=N–C) groups is 2. The van der Waals surface area contributed by atoms with Gasteiger partial charge in [-0.15, -0.1) is 0 Å². The van der Waals surface area contributed by atoms with Crippen LogP contribution in [0.25, 0.3) is 0 Å². The summed E-state index contributed by atoms with van der Waals surface area (Å²) in [6.45, 7) is 2.60. The Morgan fingerprint density at radius 2 is 1.11 bits per heavy atom. The molecule has 0 radical (unpaired) electrons. The molecule has 0 aromatic heterocycles. The third-order valence-corrected chi connectivity index (χ3v) is 3.44. The second-order valence-electron chi connectivity index (χ2n) is 5.17. The molecule has 2 heterocycles. The Morgan fingerprint density at radius 1 is 0.741 bits per heavy atom. The monoisotopic (exact) mass is 545 g/mol. The first-order valence-electron chi connectivity index (χ1n) is 7.98. The zero-order chi connectivity index (χ0) is 19.5. The fourth-order valence-corrected chi connectivity index (χ4v) is 2.31. The fourth-order valence-electron chi connectivity index (χ4n) is 2.31. The van der Waals surface area contributed by atoms with Crippen LogP contribution < -0.4 is 0 Å². The molecule has 0 saturated heterocycles. The third-order valence-electron chi connectivity index (χ3n) is 3.44. The van der Waals surface area contributed by atoms with Gasteiger partial charge in [-0.3, -0.25) is 0 Å². The molecule has 2 aliphatic rings. The first-order chi connectivity index (χ1) is 13.2. The van der Waals surface area contributed by atoms with Gasteiger partial charge in [-0.25, -0.2) is 9.98 Å². The van der Waals surface area contributed by atoms with Gasteiger partial charge in [0.15, 0.2) is 0 Å². The molecule has 4 rings (SSSR count). The zero-order valence-electron chi connectivity index (χ0n) is 14.2. The number of nitrogens with zero attached hydrogens (tertiary/aromatic N) is 2. The van der Waals surface area contributed by atoms with E-state index in [1.54, 1.807) is 36.4 Å². The Kier molecular flexibility index (Phi) is 8.42. The van der Waals surface area contributed by atoms with Crippen molar-refractivity contribution < 1.29 is 44.5 Å². The number of benzene rings is 2. The van der Waals surface area contributed by atoms with Crippen molar-refractivity contribution in [1.29, 1.82) is 0 Å². The summed E-state index contributed by atoms with van der Waals surface area (Å²) in [6.07, 6.45) is 0. The van der Waals surface area contributed by atoms with E-state index in [0.29, 0.717) is 49.2 Å². The van der Waals surface area contributed by atoms with Crippen molar-refractivity contribution in [2.45, 2.75) is 0 Å². The van der Waals surface area contributed by atoms with E-state index in [-0.39, 0.29) is 11.5 Å². The average Bonchev–Trinajstić information content (AvgIpc) is 3.38. The second kappa shape index (κ2) is 11.1. The maximum atomic E-state index is 9.41. The standard InChI is InChI=1S/2C9H9NO2.2O.Re/c2*11-8-4-2-1-3-7(8)9-10-5-6-12-9;;;/h2*1-4,11H,5-6H2;;;. The molecule has 0 unspecified atom stereocenters. The Bertz CT molecular complexity index is 797. The van der Waals surface area contributed by atoms with E-state index in [0.717, 1.165) is 0 Å². The summed E-state index contributed by atoms with van der Waals surface area (Å²) in [6, 6.07) is 14.1. The van der Waals surface area contributed by atoms with Crippen LogP contribution in [0.4, 0.5) is 0 Å². The van der Waals surface area contributed by atoms with E-state index < -0.39 is 17.9 Å². The topological polar surface area (TPSA) is 118 Å². The van der Waals surface area contributed by atoms with Gasteiger partial charge in [0.05, 0.1) is 24.2 Å². The number of hydrogen-bond donors (Lipinski definition) is 2. The summed E-state index contributed by atoms with van der Waals surface area (Å²) in [5.41, 5.74) is 1.35. The number of phenols is 2. The molecule has 143 valence electrons. The maximum absolute atomic E-state index is 9.41. The molecule has 2 N–H and O–H groups in total. The molecular weight excluding hydrogens is 526 g/mol. The summed E-state index contributed by atoms with van der Waals surface area (Å²) in [5, 5.41) is 18.8. The van der Waals surface area contributed by atoms with Crippen LogP contribution in [0, 0.1) is 0 Å². The molecule has 0 atom stereocenters. The first kappa shape index (κ1) is 20.6. The quantitative estimate of drug-likeness (QED) is 0.598. The van der Waals surface area contributed by atoms with Gasteiger partial charge in [0.1, 0.15) is 24.7 Å². The minimum absolute atomic E-state index is 0.221. The van der Waals surface area contributed by atoms with E-state index in [4.69, 9.17) is 16.4 Å². The van der Waals surface area contributed by atoms with Crippen LogP contribution in [0.15, 0.2) is 58.5 Å². The predicted octanol–water partition coefficient (Wildman–Crippen LogP) is 2.10. The summed E-state index contributed by atoms with van der Waals surface area (Å²) in [5.74, 6) is 1.54. The Labute approximate surface area is 163 Å². The van der Waals surface area contributed by atoms with Crippen LogP contribution in [0.3, 0.4) is 0 Å². The van der Waals surface area contributed by atoms with Gasteiger partial charge in [-0.1, -0.05) is 24.3 Å². The number of hydrogen-bond acceptors (Lipinski definition) is 8. The van der Waals surface area contributed by atoms with E-state index in [1.807, 2.05) is 12.1 Å². The molecule has 0 saturated carbocycles. The van der Waals surface area contributed by atoms with Gasteiger partial charge in [0.2, 0.25) is 11.8 Å². The molecule has 0 fully saturated rings. The molecule has 9 heteroatoms. The van der Waals surface area contributed by atoms with Gasteiger partial charge in [-0.2, -0.15) is 0 Å². The molecule has 2 aromatic carbocycles. The van der Waals surface area contributed by atoms with Crippen molar-refractivity contribution in [2.24, 2.45) is 9.98 Å². The second-order valence-corrected chi connectivity index (χ2v) is 5.62. The van der Waals surface area contributed by atoms with Crippen molar-refractivity contribution in [3.8, 4) is 11.5 Å². The van der Waals surface area contributed by atoms with Crippen LogP contribution in [0.2, 0.25) is 0 Å². The molecule has 2 aliphatic heterocycles. The Morgan fingerprint density at radius 3 is 1.41 bits per heavy atom. The number of phenolic OH excluding ortho intramolecular Hbond substituents is 2. The molecule has 2 aromatic rings. The van der Waals surface area contributed by atoms with Crippen LogP contribution in [-0.2, 0) is 34.3 Å². The summed E-state index contributed by atoms with van der Waals surface area (Å²) in [4.78, 5) is 8.20. The summed E-state index contributed by atoms with van der Waals surface area (Å²) >= 11 is -2.17. The average molecular weight is 545 g/mol. The van der Waals surface area contributed by atoms with Gasteiger partial charge in [0, 0.05) is 0 Å². The van der Waals surface area contributed by atoms with Gasteiger partial charge >= 0.3 is 24.8 Å². The van der Waals surface area contributed by atoms with Crippen molar-refractivity contribution >= 4 is 11.8 Å². The SMILES string of the molecule is Oc1ccccc1C1=NCCO1.Oc1ccccc1C1=NCCO1.[O]=[Re]=[O]. The van der Waals surface area contributed by atoms with Gasteiger partial charge in [-0.05, 0) is 24.3 Å². The van der Waals surface area contributed by atoms with Crippen LogP contribution >= 0.6 is 0 Å². The van der Waals surface area contributed by atoms with Crippen molar-refractivity contribution in [1.82, 2.24) is 0 Å². The number of rotatable bonds is 2. The summed E-state index contributed by atoms with van der Waals surface area (Å²) in [7, 11) is 0. The predicted molar refractivity (Wildman–Crippen MR) is 92.3 cm³/mol. The van der Waals surface area contributed by atoms with E-state index in [1.165, 1.54) is 0 Å². The molecule has 8 nitrogen and oxygen atoms in total. The molecule has 0 aliphatic carbocycles. The number of ether oxygens (including phenoxy) is 2. The normalized spacial score (nSPS) is 14.2. The van der Waals surface area contributed by atoms with Crippen molar-refractivity contribution in [3.63, 3.8) is 0 Å². The van der Waals surface area contributed by atoms with Crippen molar-refractivity contribution in [3.05, 3.63) is 59.7 Å². The Balaban J connectivity index is 0.000000170. The van der Waals surface area contributed by atoms with E-state index in [9.17, 15) is 10.2 Å². The summed E-state index contributed by atoms with van der Waals surface area (Å²) < 4.78 is 27.5. The fraction of sp³-hybridized carbons (Fsp3) is 0.222. The van der Waals surface area contributed by atoms with E-state index >= 15 is 0 Å². The number of aromatic hydroxyl groups is 2. The molecule has 0 bridgehead atoms. The van der Waals surface area contributed by atoms with Gasteiger partial charge < -0.3 is 19.7 Å². The van der Waals surface area contributed by atoms with Crippen LogP contribution in [0.1, 0.15) is 11.1 Å². The number of para-hydroxylation sites is 2. The first-order valence-corrected chi connectivity index (χ1v) is 10.2. The Hall–Kier alpha value is -2.76. The molecular formula is C18H18N2O6Re. The zero-order valence-corrected chi connectivity index (χ0v) is 17.0. The molecule has 0 spiro atoms. The van der Waals surface area contributed by atoms with Crippen molar-refractivity contribution in [2.75, 3.05) is 26.3 Å². The van der Waals surface area contributed by atoms with Gasteiger partial charge in [0.25, 0.3) is 0 Å². The molecule has 27 heavy (non-hydrogen) atoms.